The second-order valence-corrected chi connectivity index (χ2v) is 11.6. The molecule has 0 fully saturated rings. The molecule has 0 spiro atoms. The van der Waals surface area contributed by atoms with Crippen LogP contribution in [0.4, 0.5) is 0 Å². The highest BCUT2D eigenvalue weighted by atomic mass is 28.4. The van der Waals surface area contributed by atoms with Crippen molar-refractivity contribution in [1.29, 1.82) is 0 Å². The summed E-state index contributed by atoms with van der Waals surface area (Å²) >= 11 is 0. The first kappa shape index (κ1) is 17.3. The molecule has 1 unspecified atom stereocenters. The molecule has 0 amide bonds. The van der Waals surface area contributed by atoms with Crippen LogP contribution in [0.1, 0.15) is 41.5 Å². The van der Waals surface area contributed by atoms with Gasteiger partial charge >= 0.3 is 0 Å². The first-order valence-corrected chi connectivity index (χ1v) is 9.41. The quantitative estimate of drug-likeness (QED) is 0.404. The smallest absolute Gasteiger partial charge is 0.193 e. The molecular weight excluding hydrogens is 236 g/mol. The predicted octanol–water partition coefficient (Wildman–Crippen LogP) is 4.77. The average Bonchev–Trinajstić information content (AvgIpc) is 2.21. The molecule has 0 saturated heterocycles. The fourth-order valence-electron chi connectivity index (χ4n) is 1.25. The first-order chi connectivity index (χ1) is 7.98. The van der Waals surface area contributed by atoms with Gasteiger partial charge in [-0.1, -0.05) is 40.5 Å². The van der Waals surface area contributed by atoms with Crippen LogP contribution in [0.15, 0.2) is 17.9 Å². The molecule has 0 aliphatic heterocycles. The van der Waals surface area contributed by atoms with Gasteiger partial charge in [0.05, 0.1) is 0 Å². The summed E-state index contributed by atoms with van der Waals surface area (Å²) in [5.41, 5.74) is 2.92. The Morgan fingerprint density at radius 1 is 1.17 bits per heavy atom. The van der Waals surface area contributed by atoms with Crippen molar-refractivity contribution < 1.29 is 4.43 Å². The fourth-order valence-corrected chi connectivity index (χ4v) is 2.56. The number of rotatable bonds is 4. The highest BCUT2D eigenvalue weighted by Gasteiger charge is 2.41. The Hall–Kier alpha value is -0.743. The third-order valence-corrected chi connectivity index (χ3v) is 8.11. The van der Waals surface area contributed by atoms with Crippen LogP contribution in [0.5, 0.6) is 0 Å². The molecular formula is C16H28OSi. The zero-order valence-corrected chi connectivity index (χ0v) is 14.2. The summed E-state index contributed by atoms with van der Waals surface area (Å²) < 4.78 is 6.33. The molecule has 0 aliphatic rings. The lowest BCUT2D eigenvalue weighted by Crippen LogP contribution is -2.47. The van der Waals surface area contributed by atoms with Crippen molar-refractivity contribution in [3.05, 3.63) is 17.9 Å². The van der Waals surface area contributed by atoms with Crippen LogP contribution in [0, 0.1) is 17.8 Å². The van der Waals surface area contributed by atoms with Gasteiger partial charge in [-0.3, -0.25) is 0 Å². The Labute approximate surface area is 114 Å². The minimum atomic E-state index is -1.84. The van der Waals surface area contributed by atoms with Crippen LogP contribution in [0.3, 0.4) is 0 Å². The Bertz CT molecular complexity index is 371. The van der Waals surface area contributed by atoms with Gasteiger partial charge in [0.1, 0.15) is 6.10 Å². The highest BCUT2D eigenvalue weighted by molar-refractivity contribution is 6.74. The zero-order chi connectivity index (χ0) is 14.6. The maximum atomic E-state index is 6.33. The van der Waals surface area contributed by atoms with Crippen molar-refractivity contribution in [3.63, 3.8) is 0 Å². The van der Waals surface area contributed by atoms with Crippen LogP contribution in [-0.4, -0.2) is 14.4 Å². The molecule has 0 heterocycles. The normalized spacial score (nSPS) is 14.4. The molecule has 0 saturated carbocycles. The van der Waals surface area contributed by atoms with Crippen LogP contribution >= 0.6 is 0 Å². The standard InChI is InChI=1S/C16H28OSi/c1-10-12-13-16(6,7)14(11-2)17-18(8,9)15(3,4)5/h2,10,13-14H,1,3-9H3. The maximum Gasteiger partial charge on any atom is 0.193 e. The molecule has 0 radical (unpaired) electrons. The number of hydrogen-bond acceptors (Lipinski definition) is 1. The maximum absolute atomic E-state index is 6.33. The van der Waals surface area contributed by atoms with Gasteiger partial charge in [-0.25, -0.2) is 0 Å². The fraction of sp³-hybridized carbons (Fsp3) is 0.688. The van der Waals surface area contributed by atoms with E-state index in [1.165, 1.54) is 0 Å². The highest BCUT2D eigenvalue weighted by Crippen LogP contribution is 2.39. The van der Waals surface area contributed by atoms with E-state index < -0.39 is 8.32 Å². The molecule has 2 heteroatoms. The molecule has 0 N–H and O–H groups in total. The monoisotopic (exact) mass is 264 g/mol. The predicted molar refractivity (Wildman–Crippen MR) is 83.0 cm³/mol. The molecule has 0 aromatic heterocycles. The van der Waals surface area contributed by atoms with Crippen LogP contribution in [0.25, 0.3) is 0 Å². The van der Waals surface area contributed by atoms with Crippen LogP contribution in [-0.2, 0) is 4.43 Å². The third-order valence-electron chi connectivity index (χ3n) is 3.67. The largest absolute Gasteiger partial charge is 0.402 e. The topological polar surface area (TPSA) is 9.23 Å². The van der Waals surface area contributed by atoms with E-state index in [1.807, 2.05) is 19.1 Å². The van der Waals surface area contributed by atoms with Crippen LogP contribution in [0.2, 0.25) is 18.1 Å². The van der Waals surface area contributed by atoms with Crippen molar-refractivity contribution in [2.45, 2.75) is 65.8 Å². The van der Waals surface area contributed by atoms with Gasteiger partial charge in [-0.05, 0) is 37.2 Å². The minimum Gasteiger partial charge on any atom is -0.402 e. The number of terminal acetylenes is 1. The Balaban J connectivity index is 5.17. The Morgan fingerprint density at radius 3 is 2.00 bits per heavy atom. The summed E-state index contributed by atoms with van der Waals surface area (Å²) in [7, 11) is -1.84. The second-order valence-electron chi connectivity index (χ2n) is 6.85. The molecule has 1 nitrogen and oxygen atoms in total. The summed E-state index contributed by atoms with van der Waals surface area (Å²) in [6.45, 7) is 17.3. The van der Waals surface area contributed by atoms with Crippen molar-refractivity contribution >= 4 is 8.32 Å². The minimum absolute atomic E-state index is 0.169. The van der Waals surface area contributed by atoms with Gasteiger partial charge in [0.15, 0.2) is 8.32 Å². The van der Waals surface area contributed by atoms with E-state index in [1.54, 1.807) is 0 Å². The molecule has 0 aromatic carbocycles. The summed E-state index contributed by atoms with van der Waals surface area (Å²) in [6, 6.07) is 0. The Morgan fingerprint density at radius 2 is 1.67 bits per heavy atom. The zero-order valence-electron chi connectivity index (χ0n) is 13.2. The van der Waals surface area contributed by atoms with Gasteiger partial charge in [0.25, 0.3) is 0 Å². The average molecular weight is 264 g/mol. The summed E-state index contributed by atoms with van der Waals surface area (Å²) in [4.78, 5) is 0. The van der Waals surface area contributed by atoms with Gasteiger partial charge in [-0.2, -0.15) is 0 Å². The van der Waals surface area contributed by atoms with E-state index in [2.05, 4.69) is 59.4 Å². The molecule has 102 valence electrons. The molecule has 0 aliphatic carbocycles. The Kier molecular flexibility index (Phi) is 5.69. The van der Waals surface area contributed by atoms with E-state index in [0.29, 0.717) is 0 Å². The van der Waals surface area contributed by atoms with E-state index >= 15 is 0 Å². The summed E-state index contributed by atoms with van der Waals surface area (Å²) in [5.74, 6) is 2.81. The van der Waals surface area contributed by atoms with E-state index in [4.69, 9.17) is 10.8 Å². The van der Waals surface area contributed by atoms with Gasteiger partial charge in [0.2, 0.25) is 0 Å². The third kappa shape index (κ3) is 4.50. The summed E-state index contributed by atoms with van der Waals surface area (Å²) in [5, 5.41) is 0.169. The molecule has 0 rings (SSSR count). The lowest BCUT2D eigenvalue weighted by atomic mass is 9.87. The molecule has 0 bridgehead atoms. The molecule has 1 atom stereocenters. The lowest BCUT2D eigenvalue weighted by Gasteiger charge is -2.41. The van der Waals surface area contributed by atoms with Crippen LogP contribution < -0.4 is 0 Å². The van der Waals surface area contributed by atoms with Gasteiger partial charge in [0, 0.05) is 5.41 Å². The molecule has 18 heavy (non-hydrogen) atoms. The van der Waals surface area contributed by atoms with Crippen molar-refractivity contribution in [3.8, 4) is 12.3 Å². The van der Waals surface area contributed by atoms with Crippen molar-refractivity contribution in [2.75, 3.05) is 0 Å². The molecule has 0 aromatic rings. The second kappa shape index (κ2) is 5.93. The van der Waals surface area contributed by atoms with E-state index in [-0.39, 0.29) is 16.6 Å². The van der Waals surface area contributed by atoms with Crippen molar-refractivity contribution in [1.82, 2.24) is 0 Å². The summed E-state index contributed by atoms with van der Waals surface area (Å²) in [6.07, 6.45) is 9.36. The van der Waals surface area contributed by atoms with Gasteiger partial charge < -0.3 is 4.43 Å². The van der Waals surface area contributed by atoms with Gasteiger partial charge in [-0.15, -0.1) is 12.2 Å². The first-order valence-electron chi connectivity index (χ1n) is 6.50. The van der Waals surface area contributed by atoms with E-state index in [9.17, 15) is 0 Å². The number of hydrogen-bond donors (Lipinski definition) is 0. The SMILES string of the molecule is C#CC(O[Si](C)(C)C(C)(C)C)C(C)(C)C=C=CC. The van der Waals surface area contributed by atoms with Crippen molar-refractivity contribution in [2.24, 2.45) is 5.41 Å². The lowest BCUT2D eigenvalue weighted by molar-refractivity contribution is 0.142. The van der Waals surface area contributed by atoms with E-state index in [0.717, 1.165) is 0 Å².